The molecular formula is C10H17N3O2. The highest BCUT2D eigenvalue weighted by molar-refractivity contribution is 5.10. The zero-order valence-electron chi connectivity index (χ0n) is 9.18. The molecule has 0 fully saturated rings. The van der Waals surface area contributed by atoms with Crippen molar-refractivity contribution in [2.45, 2.75) is 13.0 Å². The molecule has 15 heavy (non-hydrogen) atoms. The lowest BCUT2D eigenvalue weighted by Gasteiger charge is -2.09. The van der Waals surface area contributed by atoms with Crippen molar-refractivity contribution < 1.29 is 9.84 Å². The van der Waals surface area contributed by atoms with Gasteiger partial charge in [-0.2, -0.15) is 0 Å². The molecule has 1 heterocycles. The van der Waals surface area contributed by atoms with Gasteiger partial charge in [0, 0.05) is 12.6 Å². The topological polar surface area (TPSA) is 58.5 Å². The predicted molar refractivity (Wildman–Crippen MR) is 56.6 cm³/mol. The maximum atomic E-state index is 8.75. The van der Waals surface area contributed by atoms with Gasteiger partial charge < -0.3 is 14.7 Å². The molecule has 5 heteroatoms. The van der Waals surface area contributed by atoms with Crippen LogP contribution in [-0.4, -0.2) is 47.5 Å². The second kappa shape index (κ2) is 6.31. The van der Waals surface area contributed by atoms with Crippen LogP contribution in [0.25, 0.3) is 0 Å². The largest absolute Gasteiger partial charge is 0.477 e. The molecule has 0 spiro atoms. The standard InChI is InChI=1S/C10H17N3O2/c1-13(2)6-3-7-15-10-5-4-9(8-14)11-12-10/h4-5,14H,3,6-8H2,1-2H3. The number of ether oxygens (including phenoxy) is 1. The van der Waals surface area contributed by atoms with Gasteiger partial charge in [0.25, 0.3) is 0 Å². The number of aliphatic hydroxyl groups excluding tert-OH is 1. The lowest BCUT2D eigenvalue weighted by Crippen LogP contribution is -2.15. The molecule has 0 amide bonds. The Labute approximate surface area is 89.7 Å². The van der Waals surface area contributed by atoms with Crippen LogP contribution in [-0.2, 0) is 6.61 Å². The fraction of sp³-hybridized carbons (Fsp3) is 0.600. The van der Waals surface area contributed by atoms with Crippen molar-refractivity contribution in [3.05, 3.63) is 17.8 Å². The molecule has 0 unspecified atom stereocenters. The van der Waals surface area contributed by atoms with Gasteiger partial charge in [-0.25, -0.2) is 0 Å². The summed E-state index contributed by atoms with van der Waals surface area (Å²) in [6.45, 7) is 1.53. The molecule has 1 aromatic rings. The summed E-state index contributed by atoms with van der Waals surface area (Å²) in [4.78, 5) is 2.10. The highest BCUT2D eigenvalue weighted by Gasteiger charge is 1.97. The van der Waals surface area contributed by atoms with Gasteiger partial charge in [-0.15, -0.1) is 10.2 Å². The monoisotopic (exact) mass is 211 g/mol. The van der Waals surface area contributed by atoms with Crippen molar-refractivity contribution >= 4 is 0 Å². The van der Waals surface area contributed by atoms with Crippen molar-refractivity contribution in [2.24, 2.45) is 0 Å². The molecule has 0 aliphatic heterocycles. The summed E-state index contributed by atoms with van der Waals surface area (Å²) in [5, 5.41) is 16.4. The Kier molecular flexibility index (Phi) is 5.00. The van der Waals surface area contributed by atoms with E-state index in [9.17, 15) is 0 Å². The lowest BCUT2D eigenvalue weighted by atomic mass is 10.4. The molecule has 0 aliphatic rings. The average molecular weight is 211 g/mol. The molecule has 0 saturated carbocycles. The Morgan fingerprint density at radius 1 is 1.33 bits per heavy atom. The third-order valence-corrected chi connectivity index (χ3v) is 1.86. The van der Waals surface area contributed by atoms with Crippen LogP contribution in [0.1, 0.15) is 12.1 Å². The van der Waals surface area contributed by atoms with E-state index in [1.807, 2.05) is 14.1 Å². The first-order chi connectivity index (χ1) is 7.22. The van der Waals surface area contributed by atoms with E-state index in [1.54, 1.807) is 12.1 Å². The minimum Gasteiger partial charge on any atom is -0.477 e. The summed E-state index contributed by atoms with van der Waals surface area (Å²) >= 11 is 0. The zero-order chi connectivity index (χ0) is 11.1. The van der Waals surface area contributed by atoms with E-state index in [0.717, 1.165) is 13.0 Å². The van der Waals surface area contributed by atoms with Gasteiger partial charge >= 0.3 is 0 Å². The minimum atomic E-state index is -0.0894. The van der Waals surface area contributed by atoms with E-state index in [-0.39, 0.29) is 6.61 Å². The van der Waals surface area contributed by atoms with Gasteiger partial charge in [0.2, 0.25) is 5.88 Å². The van der Waals surface area contributed by atoms with Crippen LogP contribution in [0.2, 0.25) is 0 Å². The third-order valence-electron chi connectivity index (χ3n) is 1.86. The summed E-state index contributed by atoms with van der Waals surface area (Å²) < 4.78 is 5.37. The zero-order valence-corrected chi connectivity index (χ0v) is 9.18. The quantitative estimate of drug-likeness (QED) is 0.686. The summed E-state index contributed by atoms with van der Waals surface area (Å²) in [5.74, 6) is 0.506. The second-order valence-corrected chi connectivity index (χ2v) is 3.53. The van der Waals surface area contributed by atoms with Gasteiger partial charge in [-0.3, -0.25) is 0 Å². The number of rotatable bonds is 6. The minimum absolute atomic E-state index is 0.0894. The molecule has 0 aromatic carbocycles. The maximum absolute atomic E-state index is 8.75. The molecule has 1 aromatic heterocycles. The van der Waals surface area contributed by atoms with E-state index in [4.69, 9.17) is 9.84 Å². The fourth-order valence-corrected chi connectivity index (χ4v) is 1.07. The summed E-state index contributed by atoms with van der Waals surface area (Å²) in [5.41, 5.74) is 0.552. The van der Waals surface area contributed by atoms with Crippen LogP contribution < -0.4 is 4.74 Å². The van der Waals surface area contributed by atoms with Gasteiger partial charge in [0.1, 0.15) is 0 Å². The number of hydrogen-bond donors (Lipinski definition) is 1. The Morgan fingerprint density at radius 3 is 2.67 bits per heavy atom. The third kappa shape index (κ3) is 4.71. The summed E-state index contributed by atoms with van der Waals surface area (Å²) in [6.07, 6.45) is 0.955. The van der Waals surface area contributed by atoms with Gasteiger partial charge in [0.05, 0.1) is 18.9 Å². The molecule has 0 saturated heterocycles. The van der Waals surface area contributed by atoms with Crippen molar-refractivity contribution in [1.29, 1.82) is 0 Å². The van der Waals surface area contributed by atoms with E-state index < -0.39 is 0 Å². The van der Waals surface area contributed by atoms with Crippen LogP contribution >= 0.6 is 0 Å². The second-order valence-electron chi connectivity index (χ2n) is 3.53. The van der Waals surface area contributed by atoms with Crippen LogP contribution in [0.15, 0.2) is 12.1 Å². The van der Waals surface area contributed by atoms with E-state index in [2.05, 4.69) is 15.1 Å². The number of nitrogens with zero attached hydrogens (tertiary/aromatic N) is 3. The molecule has 1 N–H and O–H groups in total. The molecular weight excluding hydrogens is 194 g/mol. The van der Waals surface area contributed by atoms with Gasteiger partial charge in [-0.1, -0.05) is 0 Å². The Balaban J connectivity index is 2.25. The summed E-state index contributed by atoms with van der Waals surface area (Å²) in [6, 6.07) is 3.42. The molecule has 84 valence electrons. The number of aliphatic hydroxyl groups is 1. The number of hydrogen-bond acceptors (Lipinski definition) is 5. The van der Waals surface area contributed by atoms with E-state index in [1.165, 1.54) is 0 Å². The molecule has 5 nitrogen and oxygen atoms in total. The molecule has 0 radical (unpaired) electrons. The van der Waals surface area contributed by atoms with Gasteiger partial charge in [-0.05, 0) is 26.6 Å². The highest BCUT2D eigenvalue weighted by Crippen LogP contribution is 2.04. The Bertz CT molecular complexity index is 275. The Morgan fingerprint density at radius 2 is 2.13 bits per heavy atom. The predicted octanol–water partition coefficient (Wildman–Crippen LogP) is 0.299. The highest BCUT2D eigenvalue weighted by atomic mass is 16.5. The SMILES string of the molecule is CN(C)CCCOc1ccc(CO)nn1. The van der Waals surface area contributed by atoms with E-state index in [0.29, 0.717) is 18.2 Å². The van der Waals surface area contributed by atoms with Crippen LogP contribution in [0.4, 0.5) is 0 Å². The Hall–Kier alpha value is -1.20. The van der Waals surface area contributed by atoms with Crippen molar-refractivity contribution in [1.82, 2.24) is 15.1 Å². The molecule has 0 aliphatic carbocycles. The first kappa shape index (κ1) is 11.9. The first-order valence-corrected chi connectivity index (χ1v) is 4.93. The van der Waals surface area contributed by atoms with Gasteiger partial charge in [0.15, 0.2) is 0 Å². The normalized spacial score (nSPS) is 10.7. The molecule has 1 rings (SSSR count). The van der Waals surface area contributed by atoms with E-state index >= 15 is 0 Å². The smallest absolute Gasteiger partial charge is 0.233 e. The number of aromatic nitrogens is 2. The molecule has 0 atom stereocenters. The van der Waals surface area contributed by atoms with Crippen molar-refractivity contribution in [3.8, 4) is 5.88 Å². The average Bonchev–Trinajstić information content (AvgIpc) is 2.25. The van der Waals surface area contributed by atoms with Crippen molar-refractivity contribution in [2.75, 3.05) is 27.2 Å². The molecule has 0 bridgehead atoms. The maximum Gasteiger partial charge on any atom is 0.233 e. The van der Waals surface area contributed by atoms with Crippen molar-refractivity contribution in [3.63, 3.8) is 0 Å². The van der Waals surface area contributed by atoms with Crippen LogP contribution in [0, 0.1) is 0 Å². The van der Waals surface area contributed by atoms with Crippen LogP contribution in [0.5, 0.6) is 5.88 Å². The summed E-state index contributed by atoms with van der Waals surface area (Å²) in [7, 11) is 4.05. The van der Waals surface area contributed by atoms with Crippen LogP contribution in [0.3, 0.4) is 0 Å². The fourth-order valence-electron chi connectivity index (χ4n) is 1.07. The first-order valence-electron chi connectivity index (χ1n) is 4.93. The lowest BCUT2D eigenvalue weighted by molar-refractivity contribution is 0.262.